The maximum atomic E-state index is 14.1. The molecule has 11 heteroatoms. The van der Waals surface area contributed by atoms with Gasteiger partial charge in [0.2, 0.25) is 0 Å². The summed E-state index contributed by atoms with van der Waals surface area (Å²) < 4.78 is 54.9. The molecule has 4 rings (SSSR count). The number of ether oxygens (including phenoxy) is 1. The van der Waals surface area contributed by atoms with Gasteiger partial charge in [-0.25, -0.2) is 14.4 Å². The molecular formula is C23H19ClF4N4O2. The third kappa shape index (κ3) is 5.39. The standard InChI is InChI=1S/C23H19ClF4N4O2/c1-2-13-11-32(12-13)21-18(14-8-19(25)20(24)29-9-14)7-15(10-30-21)22(33)31-16-3-5-17(6-4-16)34-23(26,27)28/h3-10,13H,2,11-12H2,1H3,(H,31,33). The Labute approximate surface area is 197 Å². The number of benzene rings is 1. The molecule has 34 heavy (non-hydrogen) atoms. The van der Waals surface area contributed by atoms with Crippen molar-refractivity contribution in [3.8, 4) is 16.9 Å². The van der Waals surface area contributed by atoms with Crippen LogP contribution in [0.1, 0.15) is 23.7 Å². The third-order valence-corrected chi connectivity index (χ3v) is 5.69. The van der Waals surface area contributed by atoms with Gasteiger partial charge in [-0.05, 0) is 48.7 Å². The van der Waals surface area contributed by atoms with Crippen molar-refractivity contribution >= 4 is 29.0 Å². The molecule has 1 fully saturated rings. The maximum Gasteiger partial charge on any atom is 0.573 e. The number of hydrogen-bond donors (Lipinski definition) is 1. The summed E-state index contributed by atoms with van der Waals surface area (Å²) in [4.78, 5) is 23.2. The van der Waals surface area contributed by atoms with Crippen LogP contribution in [0.25, 0.3) is 11.1 Å². The van der Waals surface area contributed by atoms with E-state index >= 15 is 0 Å². The van der Waals surface area contributed by atoms with Gasteiger partial charge in [0.05, 0.1) is 5.56 Å². The van der Waals surface area contributed by atoms with E-state index in [9.17, 15) is 22.4 Å². The highest BCUT2D eigenvalue weighted by Crippen LogP contribution is 2.35. The normalized spacial score (nSPS) is 14.0. The molecule has 6 nitrogen and oxygen atoms in total. The number of carbonyl (C=O) groups excluding carboxylic acids is 1. The lowest BCUT2D eigenvalue weighted by Gasteiger charge is -2.40. The molecular weight excluding hydrogens is 476 g/mol. The molecule has 1 saturated heterocycles. The van der Waals surface area contributed by atoms with Gasteiger partial charge in [0.1, 0.15) is 11.6 Å². The predicted octanol–water partition coefficient (Wildman–Crippen LogP) is 5.93. The summed E-state index contributed by atoms with van der Waals surface area (Å²) in [7, 11) is 0. The fourth-order valence-corrected chi connectivity index (χ4v) is 3.66. The molecule has 1 aliphatic heterocycles. The van der Waals surface area contributed by atoms with Gasteiger partial charge >= 0.3 is 6.36 Å². The van der Waals surface area contributed by atoms with Crippen LogP contribution in [0.2, 0.25) is 5.15 Å². The van der Waals surface area contributed by atoms with E-state index in [-0.39, 0.29) is 16.4 Å². The second-order valence-corrected chi connectivity index (χ2v) is 8.16. The number of hydrogen-bond acceptors (Lipinski definition) is 5. The van der Waals surface area contributed by atoms with Crippen molar-refractivity contribution in [2.24, 2.45) is 5.92 Å². The SMILES string of the molecule is CCC1CN(c2ncc(C(=O)Nc3ccc(OC(F)(F)F)cc3)cc2-c2cnc(Cl)c(F)c2)C1. The van der Waals surface area contributed by atoms with Gasteiger partial charge in [0, 0.05) is 42.3 Å². The Morgan fingerprint density at radius 2 is 1.88 bits per heavy atom. The van der Waals surface area contributed by atoms with Crippen LogP contribution in [-0.4, -0.2) is 35.3 Å². The first-order valence-electron chi connectivity index (χ1n) is 10.4. The molecule has 0 unspecified atom stereocenters. The molecule has 3 aromatic rings. The first-order valence-corrected chi connectivity index (χ1v) is 10.7. The highest BCUT2D eigenvalue weighted by atomic mass is 35.5. The summed E-state index contributed by atoms with van der Waals surface area (Å²) in [5.41, 5.74) is 1.36. The second kappa shape index (κ2) is 9.46. The molecule has 2 aromatic heterocycles. The van der Waals surface area contributed by atoms with Gasteiger partial charge in [-0.1, -0.05) is 18.5 Å². The van der Waals surface area contributed by atoms with Crippen LogP contribution in [0, 0.1) is 11.7 Å². The van der Waals surface area contributed by atoms with Crippen LogP contribution in [0.3, 0.4) is 0 Å². The summed E-state index contributed by atoms with van der Waals surface area (Å²) in [6.07, 6.45) is -0.979. The zero-order chi connectivity index (χ0) is 24.5. The van der Waals surface area contributed by atoms with E-state index in [1.807, 2.05) is 4.90 Å². The number of nitrogens with zero attached hydrogens (tertiary/aromatic N) is 3. The Morgan fingerprint density at radius 1 is 1.18 bits per heavy atom. The van der Waals surface area contributed by atoms with Crippen molar-refractivity contribution < 1.29 is 27.1 Å². The number of amides is 1. The molecule has 1 N–H and O–H groups in total. The topological polar surface area (TPSA) is 67.4 Å². The molecule has 0 saturated carbocycles. The number of alkyl halides is 3. The maximum absolute atomic E-state index is 14.1. The third-order valence-electron chi connectivity index (χ3n) is 5.42. The van der Waals surface area contributed by atoms with Gasteiger partial charge in [0.25, 0.3) is 5.91 Å². The van der Waals surface area contributed by atoms with E-state index < -0.39 is 23.8 Å². The molecule has 0 bridgehead atoms. The molecule has 0 aliphatic carbocycles. The van der Waals surface area contributed by atoms with Crippen molar-refractivity contribution in [3.63, 3.8) is 0 Å². The van der Waals surface area contributed by atoms with E-state index in [4.69, 9.17) is 11.6 Å². The van der Waals surface area contributed by atoms with E-state index in [2.05, 4.69) is 26.9 Å². The number of aromatic nitrogens is 2. The van der Waals surface area contributed by atoms with E-state index in [0.29, 0.717) is 22.9 Å². The van der Waals surface area contributed by atoms with Crippen molar-refractivity contribution in [1.29, 1.82) is 0 Å². The lowest BCUT2D eigenvalue weighted by Crippen LogP contribution is -2.47. The van der Waals surface area contributed by atoms with Crippen molar-refractivity contribution in [2.45, 2.75) is 19.7 Å². The number of anilines is 2. The largest absolute Gasteiger partial charge is 0.573 e. The highest BCUT2D eigenvalue weighted by Gasteiger charge is 2.31. The molecule has 0 radical (unpaired) electrons. The monoisotopic (exact) mass is 494 g/mol. The highest BCUT2D eigenvalue weighted by molar-refractivity contribution is 6.29. The Balaban J connectivity index is 1.59. The lowest BCUT2D eigenvalue weighted by molar-refractivity contribution is -0.274. The molecule has 1 aliphatic rings. The van der Waals surface area contributed by atoms with Crippen LogP contribution in [-0.2, 0) is 0 Å². The van der Waals surface area contributed by atoms with E-state index in [1.165, 1.54) is 30.6 Å². The summed E-state index contributed by atoms with van der Waals surface area (Å²) >= 11 is 5.72. The van der Waals surface area contributed by atoms with Crippen molar-refractivity contribution in [2.75, 3.05) is 23.3 Å². The average Bonchev–Trinajstić information content (AvgIpc) is 2.75. The Kier molecular flexibility index (Phi) is 6.60. The quantitative estimate of drug-likeness (QED) is 0.339. The van der Waals surface area contributed by atoms with Gasteiger partial charge < -0.3 is 15.0 Å². The summed E-state index contributed by atoms with van der Waals surface area (Å²) in [6.45, 7) is 3.68. The van der Waals surface area contributed by atoms with E-state index in [0.717, 1.165) is 31.6 Å². The molecule has 3 heterocycles. The smallest absolute Gasteiger partial charge is 0.406 e. The van der Waals surface area contributed by atoms with Gasteiger partial charge in [-0.2, -0.15) is 0 Å². The van der Waals surface area contributed by atoms with E-state index in [1.54, 1.807) is 6.07 Å². The fourth-order valence-electron chi connectivity index (χ4n) is 3.56. The molecule has 178 valence electrons. The Bertz CT molecular complexity index is 1200. The first kappa shape index (κ1) is 23.7. The Hall–Kier alpha value is -3.40. The number of halogens is 5. The number of nitrogens with one attached hydrogen (secondary N) is 1. The van der Waals surface area contributed by atoms with Gasteiger partial charge in [0.15, 0.2) is 11.0 Å². The number of pyridine rings is 2. The minimum Gasteiger partial charge on any atom is -0.406 e. The minimum atomic E-state index is -4.81. The molecule has 1 amide bonds. The van der Waals surface area contributed by atoms with Crippen LogP contribution in [0.15, 0.2) is 48.8 Å². The van der Waals surface area contributed by atoms with Crippen LogP contribution in [0.5, 0.6) is 5.75 Å². The second-order valence-electron chi connectivity index (χ2n) is 7.80. The number of rotatable bonds is 6. The van der Waals surface area contributed by atoms with Crippen LogP contribution < -0.4 is 15.0 Å². The summed E-state index contributed by atoms with van der Waals surface area (Å²) in [5.74, 6) is -0.519. The zero-order valence-electron chi connectivity index (χ0n) is 17.9. The summed E-state index contributed by atoms with van der Waals surface area (Å²) in [5, 5.41) is 2.34. The van der Waals surface area contributed by atoms with Crippen LogP contribution in [0.4, 0.5) is 29.1 Å². The van der Waals surface area contributed by atoms with Crippen molar-refractivity contribution in [3.05, 3.63) is 65.3 Å². The van der Waals surface area contributed by atoms with Crippen molar-refractivity contribution in [1.82, 2.24) is 9.97 Å². The lowest BCUT2D eigenvalue weighted by atomic mass is 9.95. The molecule has 1 aromatic carbocycles. The summed E-state index contributed by atoms with van der Waals surface area (Å²) in [6, 6.07) is 7.55. The number of carbonyl (C=O) groups is 1. The molecule has 0 atom stereocenters. The Morgan fingerprint density at radius 3 is 2.50 bits per heavy atom. The van der Waals surface area contributed by atoms with Gasteiger partial charge in [-0.3, -0.25) is 4.79 Å². The predicted molar refractivity (Wildman–Crippen MR) is 120 cm³/mol. The minimum absolute atomic E-state index is 0.178. The van der Waals surface area contributed by atoms with Crippen LogP contribution >= 0.6 is 11.6 Å². The first-order chi connectivity index (χ1) is 16.1. The van der Waals surface area contributed by atoms with Gasteiger partial charge in [-0.15, -0.1) is 13.2 Å². The molecule has 0 spiro atoms. The zero-order valence-corrected chi connectivity index (χ0v) is 18.6. The fraction of sp³-hybridized carbons (Fsp3) is 0.261. The average molecular weight is 495 g/mol.